The van der Waals surface area contributed by atoms with Gasteiger partial charge in [0.15, 0.2) is 0 Å². The van der Waals surface area contributed by atoms with Crippen LogP contribution in [-0.2, 0) is 9.59 Å². The van der Waals surface area contributed by atoms with E-state index in [0.717, 1.165) is 24.3 Å². The van der Waals surface area contributed by atoms with Crippen molar-refractivity contribution in [2.75, 3.05) is 11.5 Å². The number of thioether (sulfide) groups is 2. The molecule has 0 aliphatic carbocycles. The van der Waals surface area contributed by atoms with Gasteiger partial charge in [0.2, 0.25) is 0 Å². The van der Waals surface area contributed by atoms with Crippen molar-refractivity contribution in [1.29, 1.82) is 0 Å². The molecular formula is C26H42O4S2. The van der Waals surface area contributed by atoms with Gasteiger partial charge in [0.05, 0.1) is 0 Å². The van der Waals surface area contributed by atoms with Gasteiger partial charge in [-0.3, -0.25) is 9.59 Å². The van der Waals surface area contributed by atoms with Crippen LogP contribution in [0.4, 0.5) is 0 Å². The lowest BCUT2D eigenvalue weighted by molar-refractivity contribution is -0.138. The minimum absolute atomic E-state index is 0.249. The van der Waals surface area contributed by atoms with Crippen molar-refractivity contribution in [3.63, 3.8) is 0 Å². The number of carboxylic acids is 2. The van der Waals surface area contributed by atoms with Crippen LogP contribution in [-0.4, -0.2) is 33.7 Å². The maximum Gasteiger partial charge on any atom is 0.303 e. The molecule has 0 atom stereocenters. The summed E-state index contributed by atoms with van der Waals surface area (Å²) in [5, 5.41) is 17.4. The third-order valence-corrected chi connectivity index (χ3v) is 7.88. The number of aliphatic carboxylic acids is 2. The molecule has 0 saturated heterocycles. The molecule has 0 aromatic heterocycles. The molecule has 0 unspecified atom stereocenters. The number of hydrogen-bond donors (Lipinski definition) is 2. The Kier molecular flexibility index (Phi) is 18.5. The van der Waals surface area contributed by atoms with E-state index in [4.69, 9.17) is 10.2 Å². The topological polar surface area (TPSA) is 74.6 Å². The molecule has 182 valence electrons. The molecular weight excluding hydrogens is 440 g/mol. The molecule has 0 bridgehead atoms. The Bertz CT molecular complexity index is 622. The standard InChI is InChI=1S/C26H42O4S2/c27-25(28)19-12-10-8-6-4-2-1-3-5-7-9-11-15-21-31-23-17-13-14-18-24(23)32-22-16-20-26(29)30/h13-14,17-18H,1-12,15-16,19-22H2,(H,27,28)(H,29,30). The van der Waals surface area contributed by atoms with E-state index in [-0.39, 0.29) is 6.42 Å². The van der Waals surface area contributed by atoms with Crippen molar-refractivity contribution in [2.24, 2.45) is 0 Å². The smallest absolute Gasteiger partial charge is 0.303 e. The molecule has 0 aliphatic rings. The zero-order valence-corrected chi connectivity index (χ0v) is 21.2. The van der Waals surface area contributed by atoms with E-state index in [0.29, 0.717) is 12.8 Å². The Labute approximate surface area is 203 Å². The monoisotopic (exact) mass is 482 g/mol. The summed E-state index contributed by atoms with van der Waals surface area (Å²) in [7, 11) is 0. The lowest BCUT2D eigenvalue weighted by Crippen LogP contribution is -1.95. The third-order valence-electron chi connectivity index (χ3n) is 5.43. The molecule has 0 radical (unpaired) electrons. The largest absolute Gasteiger partial charge is 0.481 e. The fourth-order valence-corrected chi connectivity index (χ4v) is 5.80. The van der Waals surface area contributed by atoms with Gasteiger partial charge in [-0.1, -0.05) is 82.8 Å². The molecule has 1 aromatic carbocycles. The van der Waals surface area contributed by atoms with Crippen molar-refractivity contribution in [3.05, 3.63) is 24.3 Å². The van der Waals surface area contributed by atoms with Gasteiger partial charge in [-0.05, 0) is 42.9 Å². The summed E-state index contributed by atoms with van der Waals surface area (Å²) in [4.78, 5) is 23.7. The zero-order chi connectivity index (χ0) is 23.3. The molecule has 4 nitrogen and oxygen atoms in total. The van der Waals surface area contributed by atoms with Crippen molar-refractivity contribution in [3.8, 4) is 0 Å². The molecule has 0 aliphatic heterocycles. The summed E-state index contributed by atoms with van der Waals surface area (Å²) in [6.45, 7) is 0. The molecule has 0 saturated carbocycles. The predicted octanol–water partition coefficient (Wildman–Crippen LogP) is 8.28. The third kappa shape index (κ3) is 17.4. The Morgan fingerprint density at radius 1 is 0.531 bits per heavy atom. The molecule has 1 rings (SSSR count). The van der Waals surface area contributed by atoms with E-state index in [1.165, 1.54) is 80.4 Å². The highest BCUT2D eigenvalue weighted by molar-refractivity contribution is 8.02. The Morgan fingerprint density at radius 2 is 0.875 bits per heavy atom. The zero-order valence-electron chi connectivity index (χ0n) is 19.6. The van der Waals surface area contributed by atoms with Gasteiger partial charge >= 0.3 is 11.9 Å². The summed E-state index contributed by atoms with van der Waals surface area (Å²) in [6, 6.07) is 8.47. The average molecular weight is 483 g/mol. The van der Waals surface area contributed by atoms with Gasteiger partial charge < -0.3 is 10.2 Å². The highest BCUT2D eigenvalue weighted by Gasteiger charge is 2.04. The van der Waals surface area contributed by atoms with Crippen molar-refractivity contribution < 1.29 is 19.8 Å². The second-order valence-corrected chi connectivity index (χ2v) is 10.7. The van der Waals surface area contributed by atoms with Gasteiger partial charge in [0.1, 0.15) is 0 Å². The fraction of sp³-hybridized carbons (Fsp3) is 0.692. The predicted molar refractivity (Wildman–Crippen MR) is 137 cm³/mol. The quantitative estimate of drug-likeness (QED) is 0.128. The van der Waals surface area contributed by atoms with Crippen molar-refractivity contribution >= 4 is 35.5 Å². The summed E-state index contributed by atoms with van der Waals surface area (Å²) in [5.74, 6) is 0.625. The molecule has 6 heteroatoms. The van der Waals surface area contributed by atoms with Crippen LogP contribution < -0.4 is 0 Å². The first-order valence-electron chi connectivity index (χ1n) is 12.4. The van der Waals surface area contributed by atoms with E-state index in [9.17, 15) is 9.59 Å². The molecule has 0 amide bonds. The summed E-state index contributed by atoms with van der Waals surface area (Å²) in [6.07, 6.45) is 17.5. The van der Waals surface area contributed by atoms with E-state index >= 15 is 0 Å². The molecule has 0 heterocycles. The second kappa shape index (κ2) is 20.5. The van der Waals surface area contributed by atoms with Crippen molar-refractivity contribution in [2.45, 2.75) is 113 Å². The van der Waals surface area contributed by atoms with Crippen LogP contribution in [0.25, 0.3) is 0 Å². The lowest BCUT2D eigenvalue weighted by atomic mass is 10.0. The molecule has 32 heavy (non-hydrogen) atoms. The van der Waals surface area contributed by atoms with Gasteiger partial charge in [0.25, 0.3) is 0 Å². The SMILES string of the molecule is O=C(O)CCCCCCCCCCCCCCCSc1ccccc1SCCCC(=O)O. The maximum atomic E-state index is 10.6. The number of unbranched alkanes of at least 4 members (excludes halogenated alkanes) is 12. The summed E-state index contributed by atoms with van der Waals surface area (Å²) in [5.41, 5.74) is 0. The average Bonchev–Trinajstić information content (AvgIpc) is 2.77. The Morgan fingerprint density at radius 3 is 1.31 bits per heavy atom. The van der Waals surface area contributed by atoms with Crippen LogP contribution in [0.1, 0.15) is 103 Å². The van der Waals surface area contributed by atoms with Crippen molar-refractivity contribution in [1.82, 2.24) is 0 Å². The first-order chi connectivity index (χ1) is 15.6. The van der Waals surface area contributed by atoms with Gasteiger partial charge in [-0.25, -0.2) is 0 Å². The summed E-state index contributed by atoms with van der Waals surface area (Å²) >= 11 is 3.70. The number of carbonyl (C=O) groups is 2. The molecule has 0 fully saturated rings. The van der Waals surface area contributed by atoms with Gasteiger partial charge in [-0.2, -0.15) is 0 Å². The highest BCUT2D eigenvalue weighted by Crippen LogP contribution is 2.32. The first kappa shape index (κ1) is 28.9. The van der Waals surface area contributed by atoms with Crippen LogP contribution in [0.2, 0.25) is 0 Å². The second-order valence-electron chi connectivity index (χ2n) is 8.38. The van der Waals surface area contributed by atoms with Gasteiger partial charge in [-0.15, -0.1) is 23.5 Å². The van der Waals surface area contributed by atoms with Crippen LogP contribution >= 0.6 is 23.5 Å². The van der Waals surface area contributed by atoms with Crippen LogP contribution in [0.15, 0.2) is 34.1 Å². The number of benzene rings is 1. The highest BCUT2D eigenvalue weighted by atomic mass is 32.2. The number of rotatable bonds is 22. The van der Waals surface area contributed by atoms with Crippen LogP contribution in [0.3, 0.4) is 0 Å². The van der Waals surface area contributed by atoms with Crippen LogP contribution in [0, 0.1) is 0 Å². The number of hydrogen-bond acceptors (Lipinski definition) is 4. The minimum Gasteiger partial charge on any atom is -0.481 e. The minimum atomic E-state index is -0.713. The fourth-order valence-electron chi connectivity index (χ4n) is 3.60. The molecule has 1 aromatic rings. The number of carboxylic acid groups (broad SMARTS) is 2. The van der Waals surface area contributed by atoms with Crippen LogP contribution in [0.5, 0.6) is 0 Å². The van der Waals surface area contributed by atoms with E-state index < -0.39 is 11.9 Å². The lowest BCUT2D eigenvalue weighted by Gasteiger charge is -2.08. The van der Waals surface area contributed by atoms with E-state index in [1.54, 1.807) is 11.8 Å². The normalized spacial score (nSPS) is 11.0. The Hall–Kier alpha value is -1.14. The van der Waals surface area contributed by atoms with E-state index in [1.807, 2.05) is 11.8 Å². The molecule has 2 N–H and O–H groups in total. The Balaban J connectivity index is 1.92. The molecule has 0 spiro atoms. The van der Waals surface area contributed by atoms with Gasteiger partial charge in [0, 0.05) is 22.6 Å². The summed E-state index contributed by atoms with van der Waals surface area (Å²) < 4.78 is 0. The first-order valence-corrected chi connectivity index (χ1v) is 14.3. The maximum absolute atomic E-state index is 10.6. The van der Waals surface area contributed by atoms with E-state index in [2.05, 4.69) is 24.3 Å².